The number of carbonyl (C=O) groups is 1. The molecule has 0 saturated heterocycles. The third kappa shape index (κ3) is 3.50. The van der Waals surface area contributed by atoms with Crippen LogP contribution in [0.3, 0.4) is 0 Å². The molecule has 0 aliphatic carbocycles. The molecule has 8 heteroatoms. The van der Waals surface area contributed by atoms with Crippen molar-refractivity contribution in [1.82, 2.24) is 9.38 Å². The number of nitrogens with one attached hydrogen (secondary N) is 2. The Morgan fingerprint density at radius 2 is 2.16 bits per heavy atom. The van der Waals surface area contributed by atoms with Crippen LogP contribution in [0.5, 0.6) is 0 Å². The van der Waals surface area contributed by atoms with Crippen LogP contribution in [0, 0.1) is 13.8 Å². The molecule has 6 nitrogen and oxygen atoms in total. The summed E-state index contributed by atoms with van der Waals surface area (Å²) in [6, 6.07) is 2.03. The number of hydrogen-bond acceptors (Lipinski definition) is 6. The van der Waals surface area contributed by atoms with Gasteiger partial charge in [0.1, 0.15) is 5.00 Å². The molecule has 0 amide bonds. The molecular weight excluding hydrogens is 404 g/mol. The number of imidazole rings is 1. The first-order valence-electron chi connectivity index (χ1n) is 7.89. The van der Waals surface area contributed by atoms with Crippen LogP contribution in [-0.4, -0.2) is 28.6 Å². The summed E-state index contributed by atoms with van der Waals surface area (Å²) in [6.07, 6.45) is 5.66. The van der Waals surface area contributed by atoms with E-state index in [1.165, 1.54) is 11.3 Å². The summed E-state index contributed by atoms with van der Waals surface area (Å²) in [4.78, 5) is 16.6. The Bertz CT molecular complexity index is 919. The smallest absolute Gasteiger partial charge is 0.341 e. The van der Waals surface area contributed by atoms with E-state index in [1.807, 2.05) is 36.7 Å². The van der Waals surface area contributed by atoms with Crippen LogP contribution in [-0.2, 0) is 4.74 Å². The highest BCUT2D eigenvalue weighted by atomic mass is 79.9. The quantitative estimate of drug-likeness (QED) is 0.454. The fraction of sp³-hybridized carbons (Fsp3) is 0.294. The van der Waals surface area contributed by atoms with Crippen LogP contribution < -0.4 is 10.6 Å². The summed E-state index contributed by atoms with van der Waals surface area (Å²) in [6.45, 7) is 6.56. The second kappa shape index (κ2) is 7.45. The van der Waals surface area contributed by atoms with Crippen LogP contribution >= 0.6 is 27.3 Å². The monoisotopic (exact) mass is 422 g/mol. The van der Waals surface area contributed by atoms with Gasteiger partial charge in [-0.05, 0) is 53.9 Å². The number of nitrogens with zero attached hydrogens (tertiary/aromatic N) is 2. The lowest BCUT2D eigenvalue weighted by Crippen LogP contribution is -2.15. The Morgan fingerprint density at radius 1 is 1.36 bits per heavy atom. The van der Waals surface area contributed by atoms with E-state index in [0.29, 0.717) is 18.8 Å². The molecule has 132 valence electrons. The van der Waals surface area contributed by atoms with Crippen LogP contribution in [0.25, 0.3) is 5.65 Å². The molecule has 2 N–H and O–H groups in total. The van der Waals surface area contributed by atoms with Gasteiger partial charge in [0.15, 0.2) is 5.65 Å². The molecule has 3 aromatic rings. The first-order valence-corrected chi connectivity index (χ1v) is 9.50. The van der Waals surface area contributed by atoms with Gasteiger partial charge in [-0.25, -0.2) is 9.78 Å². The molecule has 3 heterocycles. The van der Waals surface area contributed by atoms with Gasteiger partial charge in [0.25, 0.3) is 0 Å². The maximum Gasteiger partial charge on any atom is 0.341 e. The van der Waals surface area contributed by atoms with Crippen LogP contribution in [0.15, 0.2) is 28.4 Å². The zero-order valence-corrected chi connectivity index (χ0v) is 16.6. The summed E-state index contributed by atoms with van der Waals surface area (Å²) in [7, 11) is 0. The van der Waals surface area contributed by atoms with Crippen molar-refractivity contribution < 1.29 is 9.53 Å². The number of rotatable bonds is 6. The molecule has 0 aromatic carbocycles. The molecule has 0 bridgehead atoms. The van der Waals surface area contributed by atoms with Crippen molar-refractivity contribution >= 4 is 49.6 Å². The summed E-state index contributed by atoms with van der Waals surface area (Å²) in [5, 5.41) is 7.43. The third-order valence-corrected chi connectivity index (χ3v) is 5.97. The Balaban J connectivity index is 1.78. The van der Waals surface area contributed by atoms with Gasteiger partial charge in [-0.3, -0.25) is 0 Å². The standard InChI is InChI=1S/C17H19BrN4O2S/c1-4-24-17(23)12-11(3)14(18)25-16(12)21-9-20-13-10(2)5-7-22-8-6-19-15(13)22/h5-8,20-21H,4,9H2,1-3H3. The fourth-order valence-electron chi connectivity index (χ4n) is 2.57. The first kappa shape index (κ1) is 17.8. The van der Waals surface area contributed by atoms with E-state index >= 15 is 0 Å². The summed E-state index contributed by atoms with van der Waals surface area (Å²) >= 11 is 4.98. The zero-order chi connectivity index (χ0) is 18.0. The molecule has 0 fully saturated rings. The highest BCUT2D eigenvalue weighted by Crippen LogP contribution is 2.37. The van der Waals surface area contributed by atoms with E-state index in [1.54, 1.807) is 13.1 Å². The number of ether oxygens (including phenoxy) is 1. The predicted molar refractivity (Wildman–Crippen MR) is 105 cm³/mol. The van der Waals surface area contributed by atoms with Gasteiger partial charge >= 0.3 is 5.97 Å². The average molecular weight is 423 g/mol. The fourth-order valence-corrected chi connectivity index (χ4v) is 4.17. The summed E-state index contributed by atoms with van der Waals surface area (Å²) in [5.41, 5.74) is 4.41. The van der Waals surface area contributed by atoms with E-state index < -0.39 is 0 Å². The van der Waals surface area contributed by atoms with Crippen molar-refractivity contribution in [2.24, 2.45) is 0 Å². The van der Waals surface area contributed by atoms with Crippen molar-refractivity contribution in [3.63, 3.8) is 0 Å². The van der Waals surface area contributed by atoms with Crippen molar-refractivity contribution in [2.45, 2.75) is 20.8 Å². The predicted octanol–water partition coefficient (Wildman–Crippen LogP) is 4.43. The van der Waals surface area contributed by atoms with E-state index in [-0.39, 0.29) is 5.97 Å². The number of fused-ring (bicyclic) bond motifs is 1. The molecule has 0 saturated carbocycles. The molecule has 25 heavy (non-hydrogen) atoms. The van der Waals surface area contributed by atoms with Gasteiger partial charge in [-0.2, -0.15) is 0 Å². The Kier molecular flexibility index (Phi) is 5.29. The number of halogens is 1. The number of esters is 1. The lowest BCUT2D eigenvalue weighted by Gasteiger charge is -2.13. The lowest BCUT2D eigenvalue weighted by molar-refractivity contribution is 0.0527. The molecule has 0 unspecified atom stereocenters. The second-order valence-electron chi connectivity index (χ2n) is 5.49. The van der Waals surface area contributed by atoms with Crippen molar-refractivity contribution in [3.8, 4) is 0 Å². The normalized spacial score (nSPS) is 10.9. The number of hydrogen-bond donors (Lipinski definition) is 2. The van der Waals surface area contributed by atoms with E-state index in [4.69, 9.17) is 4.74 Å². The van der Waals surface area contributed by atoms with Crippen molar-refractivity contribution in [3.05, 3.63) is 45.1 Å². The molecule has 3 rings (SSSR count). The van der Waals surface area contributed by atoms with E-state index in [0.717, 1.165) is 31.2 Å². The molecule has 0 spiro atoms. The van der Waals surface area contributed by atoms with Gasteiger partial charge in [0, 0.05) is 18.6 Å². The van der Waals surface area contributed by atoms with Crippen LogP contribution in [0.2, 0.25) is 0 Å². The number of thiophene rings is 1. The van der Waals surface area contributed by atoms with E-state index in [2.05, 4.69) is 31.5 Å². The van der Waals surface area contributed by atoms with Crippen molar-refractivity contribution in [2.75, 3.05) is 23.9 Å². The maximum atomic E-state index is 12.2. The van der Waals surface area contributed by atoms with Gasteiger partial charge in [-0.1, -0.05) is 0 Å². The maximum absolute atomic E-state index is 12.2. The number of aryl methyl sites for hydroxylation is 1. The lowest BCUT2D eigenvalue weighted by atomic mass is 10.2. The van der Waals surface area contributed by atoms with Gasteiger partial charge in [0.2, 0.25) is 0 Å². The highest BCUT2D eigenvalue weighted by Gasteiger charge is 2.21. The Labute approximate surface area is 158 Å². The van der Waals surface area contributed by atoms with Gasteiger partial charge < -0.3 is 19.8 Å². The zero-order valence-electron chi connectivity index (χ0n) is 14.2. The molecule has 3 aromatic heterocycles. The summed E-state index contributed by atoms with van der Waals surface area (Å²) < 4.78 is 8.05. The Morgan fingerprint density at radius 3 is 2.92 bits per heavy atom. The topological polar surface area (TPSA) is 67.7 Å². The molecule has 0 radical (unpaired) electrons. The van der Waals surface area contributed by atoms with Gasteiger partial charge in [0.05, 0.1) is 28.3 Å². The second-order valence-corrected chi connectivity index (χ2v) is 7.83. The van der Waals surface area contributed by atoms with Gasteiger partial charge in [-0.15, -0.1) is 11.3 Å². The third-order valence-electron chi connectivity index (χ3n) is 3.85. The SMILES string of the molecule is CCOC(=O)c1c(NCNc2c(C)ccn3ccnc23)sc(Br)c1C. The van der Waals surface area contributed by atoms with Crippen LogP contribution in [0.1, 0.15) is 28.4 Å². The summed E-state index contributed by atoms with van der Waals surface area (Å²) in [5.74, 6) is -0.309. The van der Waals surface area contributed by atoms with Crippen LogP contribution in [0.4, 0.5) is 10.7 Å². The molecule has 0 aliphatic rings. The number of anilines is 2. The highest BCUT2D eigenvalue weighted by molar-refractivity contribution is 9.11. The average Bonchev–Trinajstić information content (AvgIpc) is 3.15. The Hall–Kier alpha value is -2.06. The number of aromatic nitrogens is 2. The minimum absolute atomic E-state index is 0.309. The first-order chi connectivity index (χ1) is 12.0. The number of pyridine rings is 1. The number of carbonyl (C=O) groups excluding carboxylic acids is 1. The molecule has 0 aliphatic heterocycles. The van der Waals surface area contributed by atoms with Crippen molar-refractivity contribution in [1.29, 1.82) is 0 Å². The molecular formula is C17H19BrN4O2S. The molecule has 0 atom stereocenters. The minimum atomic E-state index is -0.309. The minimum Gasteiger partial charge on any atom is -0.462 e. The largest absolute Gasteiger partial charge is 0.462 e. The van der Waals surface area contributed by atoms with E-state index in [9.17, 15) is 4.79 Å².